The van der Waals surface area contributed by atoms with E-state index >= 15 is 0 Å². The molecule has 0 bridgehead atoms. The molecule has 5 nitrogen and oxygen atoms in total. The molecule has 0 saturated carbocycles. The van der Waals surface area contributed by atoms with E-state index in [0.29, 0.717) is 19.3 Å². The molecule has 0 aliphatic carbocycles. The zero-order valence-electron chi connectivity index (χ0n) is 17.6. The van der Waals surface area contributed by atoms with Crippen molar-refractivity contribution in [2.45, 2.75) is 56.8 Å². The molecule has 1 aliphatic heterocycles. The van der Waals surface area contributed by atoms with Gasteiger partial charge in [-0.1, -0.05) is 74.5 Å². The Kier molecular flexibility index (Phi) is 6.69. The Morgan fingerprint density at radius 1 is 1.07 bits per heavy atom. The highest BCUT2D eigenvalue weighted by molar-refractivity contribution is 5.76. The van der Waals surface area contributed by atoms with E-state index in [1.165, 1.54) is 0 Å². The smallest absolute Gasteiger partial charge is 0.220 e. The van der Waals surface area contributed by atoms with E-state index in [4.69, 9.17) is 6.42 Å². The van der Waals surface area contributed by atoms with Gasteiger partial charge >= 0.3 is 0 Å². The Labute approximate surface area is 178 Å². The molecule has 156 valence electrons. The van der Waals surface area contributed by atoms with Crippen molar-refractivity contribution in [3.63, 3.8) is 0 Å². The van der Waals surface area contributed by atoms with Gasteiger partial charge in [0.25, 0.3) is 0 Å². The van der Waals surface area contributed by atoms with Crippen LogP contribution in [0.4, 0.5) is 0 Å². The number of benzene rings is 2. The minimum Gasteiger partial charge on any atom is -0.378 e. The van der Waals surface area contributed by atoms with Gasteiger partial charge in [-0.05, 0) is 17.0 Å². The third-order valence-electron chi connectivity index (χ3n) is 5.67. The molecule has 30 heavy (non-hydrogen) atoms. The highest BCUT2D eigenvalue weighted by Gasteiger charge is 2.44. The molecule has 0 spiro atoms. The summed E-state index contributed by atoms with van der Waals surface area (Å²) in [6.45, 7) is 4.00. The maximum atomic E-state index is 12.9. The van der Waals surface area contributed by atoms with E-state index in [1.807, 2.05) is 74.5 Å². The van der Waals surface area contributed by atoms with Crippen molar-refractivity contribution in [1.82, 2.24) is 5.32 Å². The molecule has 0 saturated heterocycles. The van der Waals surface area contributed by atoms with Crippen LogP contribution < -0.4 is 5.32 Å². The molecule has 1 heterocycles. The zero-order chi connectivity index (χ0) is 21.6. The van der Waals surface area contributed by atoms with E-state index in [2.05, 4.69) is 21.5 Å². The Balaban J connectivity index is 1.81. The first-order chi connectivity index (χ1) is 14.4. The van der Waals surface area contributed by atoms with Gasteiger partial charge in [0.2, 0.25) is 5.91 Å². The number of amides is 1. The van der Waals surface area contributed by atoms with Crippen LogP contribution in [0.5, 0.6) is 0 Å². The molecule has 0 fully saturated rings. The number of carbonyl (C=O) groups excluding carboxylic acids is 1. The molecule has 3 rings (SSSR count). The van der Waals surface area contributed by atoms with Gasteiger partial charge in [0.05, 0.1) is 6.04 Å². The molecule has 2 aromatic rings. The van der Waals surface area contributed by atoms with Gasteiger partial charge in [-0.25, -0.2) is 0 Å². The first kappa shape index (κ1) is 21.7. The monoisotopic (exact) mass is 403 g/mol. The van der Waals surface area contributed by atoms with Crippen LogP contribution in [0, 0.1) is 18.3 Å². The summed E-state index contributed by atoms with van der Waals surface area (Å²) in [6, 6.07) is 18.5. The lowest BCUT2D eigenvalue weighted by Crippen LogP contribution is -2.54. The van der Waals surface area contributed by atoms with Crippen LogP contribution in [-0.4, -0.2) is 22.7 Å². The van der Waals surface area contributed by atoms with Crippen LogP contribution in [0.1, 0.15) is 50.7 Å². The van der Waals surface area contributed by atoms with Crippen LogP contribution >= 0.6 is 0 Å². The Morgan fingerprint density at radius 2 is 1.60 bits per heavy atom. The Hall–Kier alpha value is -2.97. The van der Waals surface area contributed by atoms with E-state index < -0.39 is 17.3 Å². The molecular weight excluding hydrogens is 374 g/mol. The summed E-state index contributed by atoms with van der Waals surface area (Å²) >= 11 is 0. The lowest BCUT2D eigenvalue weighted by molar-refractivity contribution is -0.124. The number of aliphatic hydroxyl groups is 1. The summed E-state index contributed by atoms with van der Waals surface area (Å²) in [5.74, 6) is 2.46. The van der Waals surface area contributed by atoms with Crippen molar-refractivity contribution in [1.29, 1.82) is 0 Å². The van der Waals surface area contributed by atoms with Crippen LogP contribution in [-0.2, 0) is 10.4 Å². The van der Waals surface area contributed by atoms with Gasteiger partial charge in [-0.3, -0.25) is 4.79 Å². The molecule has 2 N–H and O–H groups in total. The molecule has 0 radical (unpaired) electrons. The van der Waals surface area contributed by atoms with Crippen LogP contribution in [0.2, 0.25) is 0 Å². The second-order valence-corrected chi connectivity index (χ2v) is 8.17. The number of nitrogens with one attached hydrogen (secondary N) is 1. The molecule has 1 amide bonds. The minimum atomic E-state index is -1.36. The normalized spacial score (nSPS) is 15.4. The van der Waals surface area contributed by atoms with E-state index in [9.17, 15) is 9.90 Å². The molecule has 1 atom stereocenters. The predicted molar refractivity (Wildman–Crippen MR) is 118 cm³/mol. The van der Waals surface area contributed by atoms with Crippen LogP contribution in [0.3, 0.4) is 0 Å². The summed E-state index contributed by atoms with van der Waals surface area (Å²) < 4.78 is 0. The van der Waals surface area contributed by atoms with E-state index in [-0.39, 0.29) is 18.2 Å². The molecule has 0 aromatic heterocycles. The second kappa shape index (κ2) is 9.23. The van der Waals surface area contributed by atoms with Crippen molar-refractivity contribution >= 4 is 5.91 Å². The van der Waals surface area contributed by atoms with E-state index in [1.54, 1.807) is 0 Å². The maximum absolute atomic E-state index is 12.9. The number of carbonyl (C=O) groups is 1. The number of hydrogen-bond donors (Lipinski definition) is 2. The fourth-order valence-electron chi connectivity index (χ4n) is 3.89. The standard InChI is InChI=1S/C25H29N3O2/c1-4-5-17-24(27-28-24)18-16-22(29)26-23(19(2)3)25(30,20-12-8-6-9-13-20)21-14-10-7-11-15-21/h1,6-15,19,23,30H,5,16-18H2,2-3H3,(H,26,29)/t23-/m0/s1. The van der Waals surface area contributed by atoms with E-state index in [0.717, 1.165) is 11.1 Å². The molecule has 0 unspecified atom stereocenters. The number of terminal acetylenes is 1. The summed E-state index contributed by atoms with van der Waals surface area (Å²) in [6.07, 6.45) is 7.40. The van der Waals surface area contributed by atoms with Gasteiger partial charge in [0.15, 0.2) is 5.66 Å². The first-order valence-corrected chi connectivity index (χ1v) is 10.4. The van der Waals surface area contributed by atoms with Gasteiger partial charge in [0, 0.05) is 25.7 Å². The largest absolute Gasteiger partial charge is 0.378 e. The summed E-state index contributed by atoms with van der Waals surface area (Å²) in [7, 11) is 0. The number of hydrogen-bond acceptors (Lipinski definition) is 4. The van der Waals surface area contributed by atoms with Crippen LogP contribution in [0.25, 0.3) is 0 Å². The number of nitrogens with zero attached hydrogens (tertiary/aromatic N) is 2. The lowest BCUT2D eigenvalue weighted by atomic mass is 9.75. The average Bonchev–Trinajstić information content (AvgIpc) is 3.55. The third-order valence-corrected chi connectivity index (χ3v) is 5.67. The van der Waals surface area contributed by atoms with Gasteiger partial charge < -0.3 is 10.4 Å². The van der Waals surface area contributed by atoms with Crippen LogP contribution in [0.15, 0.2) is 70.9 Å². The quantitative estimate of drug-likeness (QED) is 0.576. The van der Waals surface area contributed by atoms with Gasteiger partial charge in [0.1, 0.15) is 5.60 Å². The third kappa shape index (κ3) is 4.77. The maximum Gasteiger partial charge on any atom is 0.220 e. The second-order valence-electron chi connectivity index (χ2n) is 8.17. The summed E-state index contributed by atoms with van der Waals surface area (Å²) in [4.78, 5) is 12.9. The zero-order valence-corrected chi connectivity index (χ0v) is 17.6. The van der Waals surface area contributed by atoms with Gasteiger partial charge in [-0.15, -0.1) is 12.3 Å². The van der Waals surface area contributed by atoms with Crippen molar-refractivity contribution in [2.75, 3.05) is 0 Å². The van der Waals surface area contributed by atoms with Crippen molar-refractivity contribution in [2.24, 2.45) is 16.1 Å². The molecule has 2 aromatic carbocycles. The highest BCUT2D eigenvalue weighted by atomic mass is 16.3. The molecule has 5 heteroatoms. The topological polar surface area (TPSA) is 74.0 Å². The fraction of sp³-hybridized carbons (Fsp3) is 0.400. The van der Waals surface area contributed by atoms with Crippen molar-refractivity contribution < 1.29 is 9.90 Å². The Morgan fingerprint density at radius 3 is 2.03 bits per heavy atom. The van der Waals surface area contributed by atoms with Crippen molar-refractivity contribution in [3.05, 3.63) is 71.8 Å². The summed E-state index contributed by atoms with van der Waals surface area (Å²) in [5.41, 5.74) is -0.366. The highest BCUT2D eigenvalue weighted by Crippen LogP contribution is 2.38. The fourth-order valence-corrected chi connectivity index (χ4v) is 3.89. The lowest BCUT2D eigenvalue weighted by Gasteiger charge is -2.40. The SMILES string of the molecule is C#CCCC1(CCC(=O)N[C@@H](C(C)C)C(O)(c2ccccc2)c2ccccc2)N=N1. The van der Waals surface area contributed by atoms with Crippen molar-refractivity contribution in [3.8, 4) is 12.3 Å². The number of rotatable bonds is 10. The predicted octanol–water partition coefficient (Wildman–Crippen LogP) is 4.42. The Bertz CT molecular complexity index is 871. The van der Waals surface area contributed by atoms with Gasteiger partial charge in [-0.2, -0.15) is 10.2 Å². The summed E-state index contributed by atoms with van der Waals surface area (Å²) in [5, 5.41) is 23.3. The average molecular weight is 404 g/mol. The molecular formula is C25H29N3O2. The minimum absolute atomic E-state index is 0.00920. The first-order valence-electron chi connectivity index (χ1n) is 10.4. The molecule has 1 aliphatic rings.